The van der Waals surface area contributed by atoms with Gasteiger partial charge in [-0.2, -0.15) is 0 Å². The van der Waals surface area contributed by atoms with Gasteiger partial charge in [-0.1, -0.05) is 66.8 Å². The lowest BCUT2D eigenvalue weighted by molar-refractivity contribution is -0.119. The Bertz CT molecular complexity index is 821. The molecule has 0 aliphatic heterocycles. The molecule has 1 amide bonds. The van der Waals surface area contributed by atoms with Crippen molar-refractivity contribution in [3.05, 3.63) is 60.1 Å². The quantitative estimate of drug-likeness (QED) is 0.486. The number of furan rings is 1. The Labute approximate surface area is 166 Å². The largest absolute Gasteiger partial charge is 0.467 e. The van der Waals surface area contributed by atoms with Gasteiger partial charge in [0, 0.05) is 0 Å². The van der Waals surface area contributed by atoms with Gasteiger partial charge in [0.05, 0.1) is 24.6 Å². The van der Waals surface area contributed by atoms with Crippen LogP contribution in [0.3, 0.4) is 0 Å². The van der Waals surface area contributed by atoms with Gasteiger partial charge in [-0.25, -0.2) is 0 Å². The summed E-state index contributed by atoms with van der Waals surface area (Å²) in [5.74, 6) is 1.16. The van der Waals surface area contributed by atoms with E-state index in [2.05, 4.69) is 39.9 Å². The number of rotatable bonds is 10. The van der Waals surface area contributed by atoms with E-state index < -0.39 is 0 Å². The first-order chi connectivity index (χ1) is 13.2. The number of benzene rings is 1. The molecular formula is C19H22N4O2S2. The number of hydrogen-bond donors (Lipinski definition) is 2. The van der Waals surface area contributed by atoms with Gasteiger partial charge in [-0.05, 0) is 24.1 Å². The lowest BCUT2D eigenvalue weighted by atomic mass is 10.0. The lowest BCUT2D eigenvalue weighted by Crippen LogP contribution is -2.29. The van der Waals surface area contributed by atoms with Gasteiger partial charge in [0.2, 0.25) is 11.0 Å². The molecule has 0 spiro atoms. The van der Waals surface area contributed by atoms with Gasteiger partial charge < -0.3 is 15.1 Å². The van der Waals surface area contributed by atoms with E-state index in [1.54, 1.807) is 6.26 Å². The highest BCUT2D eigenvalue weighted by atomic mass is 32.2. The smallest absolute Gasteiger partial charge is 0.230 e. The van der Waals surface area contributed by atoms with Crippen molar-refractivity contribution in [1.82, 2.24) is 15.5 Å². The van der Waals surface area contributed by atoms with Crippen LogP contribution in [0.4, 0.5) is 5.13 Å². The standard InChI is InChI=1S/C19H22N4O2S2/c1-2-7-16(14-8-4-3-5-9-14)21-17(24)13-26-19-23-22-18(27-19)20-12-15-10-6-11-25-15/h3-6,8-11,16H,2,7,12-13H2,1H3,(H,20,22)(H,21,24)/t16-/m1/s1. The summed E-state index contributed by atoms with van der Waals surface area (Å²) in [6.07, 6.45) is 3.56. The Hall–Kier alpha value is -2.32. The fourth-order valence-corrected chi connectivity index (χ4v) is 4.13. The van der Waals surface area contributed by atoms with E-state index in [-0.39, 0.29) is 11.9 Å². The van der Waals surface area contributed by atoms with Gasteiger partial charge >= 0.3 is 0 Å². The average Bonchev–Trinajstić information content (AvgIpc) is 3.37. The third kappa shape index (κ3) is 6.11. The predicted molar refractivity (Wildman–Crippen MR) is 109 cm³/mol. The molecule has 8 heteroatoms. The molecule has 3 rings (SSSR count). The number of carbonyl (C=O) groups excluding carboxylic acids is 1. The molecule has 0 bridgehead atoms. The number of hydrogen-bond acceptors (Lipinski definition) is 7. The van der Waals surface area contributed by atoms with Crippen molar-refractivity contribution in [2.45, 2.75) is 36.7 Å². The van der Waals surface area contributed by atoms with Crippen LogP contribution in [0.2, 0.25) is 0 Å². The van der Waals surface area contributed by atoms with Crippen molar-refractivity contribution in [1.29, 1.82) is 0 Å². The molecule has 0 unspecified atom stereocenters. The minimum absolute atomic E-state index is 0.00241. The zero-order valence-corrected chi connectivity index (χ0v) is 16.7. The number of amides is 1. The zero-order chi connectivity index (χ0) is 18.9. The van der Waals surface area contributed by atoms with Crippen molar-refractivity contribution in [2.75, 3.05) is 11.1 Å². The highest BCUT2D eigenvalue weighted by Crippen LogP contribution is 2.26. The molecule has 0 saturated heterocycles. The summed E-state index contributed by atoms with van der Waals surface area (Å²) in [5, 5.41) is 15.2. The van der Waals surface area contributed by atoms with Crippen LogP contribution in [-0.4, -0.2) is 21.9 Å². The Morgan fingerprint density at radius 1 is 1.22 bits per heavy atom. The molecule has 142 valence electrons. The van der Waals surface area contributed by atoms with Crippen molar-refractivity contribution in [3.63, 3.8) is 0 Å². The summed E-state index contributed by atoms with van der Waals surface area (Å²) in [4.78, 5) is 12.4. The normalized spacial score (nSPS) is 11.9. The lowest BCUT2D eigenvalue weighted by Gasteiger charge is -2.18. The van der Waals surface area contributed by atoms with Crippen LogP contribution in [0.15, 0.2) is 57.5 Å². The Morgan fingerprint density at radius 3 is 2.81 bits per heavy atom. The molecule has 0 fully saturated rings. The second-order valence-corrected chi connectivity index (χ2v) is 8.11. The molecular weight excluding hydrogens is 380 g/mol. The minimum atomic E-state index is 0.00241. The summed E-state index contributed by atoms with van der Waals surface area (Å²) in [7, 11) is 0. The molecule has 2 N–H and O–H groups in total. The van der Waals surface area contributed by atoms with E-state index in [4.69, 9.17) is 4.42 Å². The molecule has 0 saturated carbocycles. The van der Waals surface area contributed by atoms with E-state index in [1.807, 2.05) is 30.3 Å². The zero-order valence-electron chi connectivity index (χ0n) is 15.1. The van der Waals surface area contributed by atoms with E-state index in [1.165, 1.54) is 23.1 Å². The van der Waals surface area contributed by atoms with E-state index >= 15 is 0 Å². The van der Waals surface area contributed by atoms with Crippen molar-refractivity contribution < 1.29 is 9.21 Å². The van der Waals surface area contributed by atoms with Crippen LogP contribution >= 0.6 is 23.1 Å². The highest BCUT2D eigenvalue weighted by Gasteiger charge is 2.15. The Morgan fingerprint density at radius 2 is 2.07 bits per heavy atom. The molecule has 0 aliphatic carbocycles. The maximum atomic E-state index is 12.4. The second kappa shape index (κ2) is 10.1. The molecule has 1 atom stereocenters. The third-order valence-electron chi connectivity index (χ3n) is 3.84. The van der Waals surface area contributed by atoms with Gasteiger partial charge in [0.1, 0.15) is 5.76 Å². The number of anilines is 1. The molecule has 0 aliphatic rings. The Balaban J connectivity index is 1.47. The molecule has 2 heterocycles. The van der Waals surface area contributed by atoms with Crippen LogP contribution in [0.1, 0.15) is 37.1 Å². The fourth-order valence-electron chi connectivity index (χ4n) is 2.57. The number of nitrogens with one attached hydrogen (secondary N) is 2. The summed E-state index contributed by atoms with van der Waals surface area (Å²) in [6, 6.07) is 13.9. The van der Waals surface area contributed by atoms with E-state index in [0.717, 1.165) is 28.5 Å². The number of nitrogens with zero attached hydrogens (tertiary/aromatic N) is 2. The molecule has 1 aromatic carbocycles. The fraction of sp³-hybridized carbons (Fsp3) is 0.316. The van der Waals surface area contributed by atoms with Crippen LogP contribution in [-0.2, 0) is 11.3 Å². The van der Waals surface area contributed by atoms with E-state index in [0.29, 0.717) is 17.4 Å². The van der Waals surface area contributed by atoms with Crippen LogP contribution in [0.25, 0.3) is 0 Å². The maximum Gasteiger partial charge on any atom is 0.230 e. The summed E-state index contributed by atoms with van der Waals surface area (Å²) in [6.45, 7) is 2.68. The third-order valence-corrected chi connectivity index (χ3v) is 5.86. The minimum Gasteiger partial charge on any atom is -0.467 e. The molecule has 3 aromatic rings. The van der Waals surface area contributed by atoms with Gasteiger partial charge in [-0.3, -0.25) is 4.79 Å². The van der Waals surface area contributed by atoms with Crippen molar-refractivity contribution in [3.8, 4) is 0 Å². The highest BCUT2D eigenvalue weighted by molar-refractivity contribution is 8.01. The van der Waals surface area contributed by atoms with E-state index in [9.17, 15) is 4.79 Å². The van der Waals surface area contributed by atoms with Gasteiger partial charge in [-0.15, -0.1) is 10.2 Å². The monoisotopic (exact) mass is 402 g/mol. The van der Waals surface area contributed by atoms with Crippen molar-refractivity contribution >= 4 is 34.1 Å². The van der Waals surface area contributed by atoms with Crippen LogP contribution < -0.4 is 10.6 Å². The second-order valence-electron chi connectivity index (χ2n) is 5.91. The summed E-state index contributed by atoms with van der Waals surface area (Å²) in [5.41, 5.74) is 1.14. The van der Waals surface area contributed by atoms with Gasteiger partial charge in [0.25, 0.3) is 0 Å². The first-order valence-electron chi connectivity index (χ1n) is 8.81. The van der Waals surface area contributed by atoms with Gasteiger partial charge in [0.15, 0.2) is 4.34 Å². The van der Waals surface area contributed by atoms with Crippen molar-refractivity contribution in [2.24, 2.45) is 0 Å². The molecule has 2 aromatic heterocycles. The maximum absolute atomic E-state index is 12.4. The summed E-state index contributed by atoms with van der Waals surface area (Å²) < 4.78 is 6.03. The average molecular weight is 403 g/mol. The van der Waals surface area contributed by atoms with Crippen LogP contribution in [0.5, 0.6) is 0 Å². The summed E-state index contributed by atoms with van der Waals surface area (Å²) >= 11 is 2.83. The first-order valence-corrected chi connectivity index (χ1v) is 10.6. The number of thioether (sulfide) groups is 1. The predicted octanol–water partition coefficient (Wildman–Crippen LogP) is 4.49. The molecule has 6 nitrogen and oxygen atoms in total. The first kappa shape index (κ1) is 19.4. The van der Waals surface area contributed by atoms with Crippen LogP contribution in [0, 0.1) is 0 Å². The number of aromatic nitrogens is 2. The molecule has 27 heavy (non-hydrogen) atoms. The SMILES string of the molecule is CCC[C@@H](NC(=O)CSc1nnc(NCc2ccco2)s1)c1ccccc1. The Kier molecular flexibility index (Phi) is 7.29. The molecule has 0 radical (unpaired) electrons. The number of carbonyl (C=O) groups is 1. The topological polar surface area (TPSA) is 80.0 Å².